The quantitative estimate of drug-likeness (QED) is 0.859. The zero-order chi connectivity index (χ0) is 13.1. The first-order valence-corrected chi connectivity index (χ1v) is 5.50. The molecular formula is C13H17N3O. The number of para-hydroxylation sites is 1. The Morgan fingerprint density at radius 3 is 2.65 bits per heavy atom. The molecule has 0 bridgehead atoms. The molecule has 17 heavy (non-hydrogen) atoms. The highest BCUT2D eigenvalue weighted by atomic mass is 16.2. The summed E-state index contributed by atoms with van der Waals surface area (Å²) in [6.07, 6.45) is 0.547. The van der Waals surface area contributed by atoms with Crippen molar-refractivity contribution in [2.45, 2.75) is 25.8 Å². The highest BCUT2D eigenvalue weighted by molar-refractivity contribution is 6.00. The van der Waals surface area contributed by atoms with Gasteiger partial charge in [-0.15, -0.1) is 0 Å². The number of rotatable bonds is 3. The van der Waals surface area contributed by atoms with Gasteiger partial charge in [-0.1, -0.05) is 19.1 Å². The van der Waals surface area contributed by atoms with E-state index in [2.05, 4.69) is 6.07 Å². The van der Waals surface area contributed by atoms with Crippen molar-refractivity contribution in [3.8, 4) is 6.07 Å². The average molecular weight is 231 g/mol. The Hall–Kier alpha value is -1.86. The van der Waals surface area contributed by atoms with Crippen molar-refractivity contribution in [3.63, 3.8) is 0 Å². The first-order chi connectivity index (χ1) is 7.94. The van der Waals surface area contributed by atoms with Gasteiger partial charge >= 0.3 is 0 Å². The molecule has 0 fully saturated rings. The van der Waals surface area contributed by atoms with Crippen LogP contribution in [0.4, 0.5) is 5.69 Å². The molecule has 4 heteroatoms. The Bertz CT molecular complexity index is 460. The van der Waals surface area contributed by atoms with Crippen LogP contribution in [-0.2, 0) is 4.79 Å². The van der Waals surface area contributed by atoms with Crippen LogP contribution >= 0.6 is 0 Å². The van der Waals surface area contributed by atoms with Gasteiger partial charge in [0.15, 0.2) is 0 Å². The predicted octanol–water partition coefficient (Wildman–Crippen LogP) is 1.65. The van der Waals surface area contributed by atoms with Crippen LogP contribution < -0.4 is 10.6 Å². The van der Waals surface area contributed by atoms with Crippen LogP contribution in [-0.4, -0.2) is 18.5 Å². The summed E-state index contributed by atoms with van der Waals surface area (Å²) in [6, 6.07) is 9.04. The Morgan fingerprint density at radius 2 is 2.12 bits per heavy atom. The van der Waals surface area contributed by atoms with Crippen molar-refractivity contribution in [1.29, 1.82) is 5.26 Å². The first kappa shape index (κ1) is 13.2. The Kier molecular flexibility index (Phi) is 3.87. The summed E-state index contributed by atoms with van der Waals surface area (Å²) in [5.41, 5.74) is 6.07. The van der Waals surface area contributed by atoms with Crippen LogP contribution in [0.15, 0.2) is 24.3 Å². The van der Waals surface area contributed by atoms with Gasteiger partial charge in [0, 0.05) is 7.05 Å². The molecule has 0 aliphatic rings. The molecule has 1 aromatic rings. The third-order valence-electron chi connectivity index (χ3n) is 2.91. The van der Waals surface area contributed by atoms with Crippen molar-refractivity contribution < 1.29 is 4.79 Å². The van der Waals surface area contributed by atoms with E-state index >= 15 is 0 Å². The van der Waals surface area contributed by atoms with Crippen molar-refractivity contribution in [1.82, 2.24) is 0 Å². The van der Waals surface area contributed by atoms with Gasteiger partial charge in [0.1, 0.15) is 6.07 Å². The second-order valence-corrected chi connectivity index (χ2v) is 4.26. The van der Waals surface area contributed by atoms with Gasteiger partial charge < -0.3 is 10.6 Å². The van der Waals surface area contributed by atoms with Crippen LogP contribution in [0.3, 0.4) is 0 Å². The molecule has 1 amide bonds. The van der Waals surface area contributed by atoms with Crippen LogP contribution in [0.1, 0.15) is 25.8 Å². The second-order valence-electron chi connectivity index (χ2n) is 4.26. The van der Waals surface area contributed by atoms with Crippen LogP contribution in [0.25, 0.3) is 0 Å². The topological polar surface area (TPSA) is 70.1 Å². The Morgan fingerprint density at radius 1 is 1.53 bits per heavy atom. The van der Waals surface area contributed by atoms with E-state index in [-0.39, 0.29) is 5.91 Å². The summed E-state index contributed by atoms with van der Waals surface area (Å²) >= 11 is 0. The molecule has 90 valence electrons. The summed E-state index contributed by atoms with van der Waals surface area (Å²) in [5.74, 6) is -0.192. The molecule has 1 unspecified atom stereocenters. The zero-order valence-electron chi connectivity index (χ0n) is 10.4. The largest absolute Gasteiger partial charge is 0.318 e. The molecule has 0 heterocycles. The molecule has 0 saturated heterocycles. The Labute approximate surface area is 102 Å². The summed E-state index contributed by atoms with van der Waals surface area (Å²) in [6.45, 7) is 3.56. The number of carbonyl (C=O) groups is 1. The van der Waals surface area contributed by atoms with Crippen molar-refractivity contribution >= 4 is 11.6 Å². The minimum Gasteiger partial charge on any atom is -0.318 e. The fourth-order valence-corrected chi connectivity index (χ4v) is 1.50. The molecule has 0 aromatic heterocycles. The van der Waals surface area contributed by atoms with Gasteiger partial charge in [0.2, 0.25) is 5.91 Å². The van der Waals surface area contributed by atoms with Gasteiger partial charge in [-0.25, -0.2) is 0 Å². The normalized spacial score (nSPS) is 13.6. The van der Waals surface area contributed by atoms with Crippen LogP contribution in [0, 0.1) is 11.3 Å². The monoisotopic (exact) mass is 231 g/mol. The maximum absolute atomic E-state index is 12.2. The molecule has 4 nitrogen and oxygen atoms in total. The third-order valence-corrected chi connectivity index (χ3v) is 2.91. The van der Waals surface area contributed by atoms with Gasteiger partial charge in [-0.2, -0.15) is 5.26 Å². The summed E-state index contributed by atoms with van der Waals surface area (Å²) in [5, 5.41) is 8.99. The second kappa shape index (κ2) is 4.98. The number of amides is 1. The fourth-order valence-electron chi connectivity index (χ4n) is 1.50. The number of nitrogens with zero attached hydrogens (tertiary/aromatic N) is 2. The number of anilines is 1. The number of hydrogen-bond donors (Lipinski definition) is 1. The molecule has 1 atom stereocenters. The SMILES string of the molecule is CCC(C)(N)C(=O)N(C)c1ccccc1C#N. The van der Waals surface area contributed by atoms with E-state index in [4.69, 9.17) is 11.0 Å². The van der Waals surface area contributed by atoms with Crippen molar-refractivity contribution in [2.24, 2.45) is 5.73 Å². The van der Waals surface area contributed by atoms with E-state index in [0.29, 0.717) is 17.7 Å². The van der Waals surface area contributed by atoms with Crippen LogP contribution in [0.2, 0.25) is 0 Å². The standard InChI is InChI=1S/C13H17N3O/c1-4-13(2,15)12(17)16(3)11-8-6-5-7-10(11)9-14/h5-8H,4,15H2,1-3H3. The number of hydrogen-bond acceptors (Lipinski definition) is 3. The van der Waals surface area contributed by atoms with E-state index in [9.17, 15) is 4.79 Å². The van der Waals surface area contributed by atoms with Crippen LogP contribution in [0.5, 0.6) is 0 Å². The molecule has 1 rings (SSSR count). The molecule has 0 aliphatic heterocycles. The molecule has 0 radical (unpaired) electrons. The molecule has 2 N–H and O–H groups in total. The molecule has 0 spiro atoms. The summed E-state index contributed by atoms with van der Waals surface area (Å²) in [7, 11) is 1.64. The molecular weight excluding hydrogens is 214 g/mol. The van der Waals surface area contributed by atoms with E-state index < -0.39 is 5.54 Å². The lowest BCUT2D eigenvalue weighted by molar-refractivity contribution is -0.122. The first-order valence-electron chi connectivity index (χ1n) is 5.50. The van der Waals surface area contributed by atoms with E-state index in [1.807, 2.05) is 6.92 Å². The maximum Gasteiger partial charge on any atom is 0.246 e. The minimum atomic E-state index is -0.905. The summed E-state index contributed by atoms with van der Waals surface area (Å²) in [4.78, 5) is 13.6. The van der Waals surface area contributed by atoms with Gasteiger partial charge in [0.25, 0.3) is 0 Å². The van der Waals surface area contributed by atoms with E-state index in [1.165, 1.54) is 4.90 Å². The lowest BCUT2D eigenvalue weighted by Crippen LogP contribution is -2.52. The Balaban J connectivity index is 3.10. The predicted molar refractivity (Wildman–Crippen MR) is 67.5 cm³/mol. The smallest absolute Gasteiger partial charge is 0.246 e. The number of likely N-dealkylation sites (N-methyl/N-ethyl adjacent to an activating group) is 1. The van der Waals surface area contributed by atoms with Gasteiger partial charge in [-0.3, -0.25) is 4.79 Å². The fraction of sp³-hybridized carbons (Fsp3) is 0.385. The lowest BCUT2D eigenvalue weighted by atomic mass is 9.98. The molecule has 1 aromatic carbocycles. The number of benzene rings is 1. The maximum atomic E-state index is 12.2. The van der Waals surface area contributed by atoms with Crippen molar-refractivity contribution in [3.05, 3.63) is 29.8 Å². The number of nitriles is 1. The number of carbonyl (C=O) groups excluding carboxylic acids is 1. The van der Waals surface area contributed by atoms with E-state index in [1.54, 1.807) is 38.2 Å². The van der Waals surface area contributed by atoms with Crippen molar-refractivity contribution in [2.75, 3.05) is 11.9 Å². The lowest BCUT2D eigenvalue weighted by Gasteiger charge is -2.28. The van der Waals surface area contributed by atoms with Gasteiger partial charge in [-0.05, 0) is 25.5 Å². The highest BCUT2D eigenvalue weighted by Crippen LogP contribution is 2.21. The van der Waals surface area contributed by atoms with Gasteiger partial charge in [0.05, 0.1) is 16.8 Å². The van der Waals surface area contributed by atoms with E-state index in [0.717, 1.165) is 0 Å². The number of nitrogens with two attached hydrogens (primary N) is 1. The third kappa shape index (κ3) is 2.63. The molecule has 0 aliphatic carbocycles. The molecule has 0 saturated carbocycles. The average Bonchev–Trinajstić information content (AvgIpc) is 2.36. The highest BCUT2D eigenvalue weighted by Gasteiger charge is 2.30. The minimum absolute atomic E-state index is 0.192. The summed E-state index contributed by atoms with van der Waals surface area (Å²) < 4.78 is 0. The zero-order valence-corrected chi connectivity index (χ0v) is 10.4.